The van der Waals surface area contributed by atoms with Gasteiger partial charge in [-0.3, -0.25) is 0 Å². The zero-order chi connectivity index (χ0) is 101. The number of amides is 1. The van der Waals surface area contributed by atoms with Crippen molar-refractivity contribution in [3.05, 3.63) is 71.8 Å². The molecule has 0 heterocycles. The fraction of sp³-hybridized carbons (Fsp3) is 0.453. The van der Waals surface area contributed by atoms with Gasteiger partial charge >= 0.3 is 837 Å². The third-order valence-electron chi connectivity index (χ3n) is 12.2. The van der Waals surface area contributed by atoms with Crippen LogP contribution in [0.2, 0.25) is 0 Å². The van der Waals surface area contributed by atoms with Crippen LogP contribution in [0.5, 0.6) is 0 Å². The number of benzene rings is 2. The molecule has 2 aromatic carbocycles. The monoisotopic (exact) mass is 2810 g/mol. The Bertz CT molecular complexity index is 3990. The topological polar surface area (TPSA) is 709 Å². The molecule has 0 aliphatic rings. The van der Waals surface area contributed by atoms with E-state index < -0.39 is 377 Å². The standard InChI is InChI=1S/C12H12IO5S.C11H12IO4S.C8H10IO7S.C8H12IO5S.C7H11INO5S.C7H10IO6S.C7H10IO5S.C4H7INO3S/c13-19-12(17)11(8-4-2-1-3-5-8)18-10(16)7-6-9(14)15;1-7(11(15)17-12)16-10(14)9(13)8-5-3-2-4-6-8;9-17-8(15)4(3-6(12)13)16-7(14)2-1-5(10)11;1-4(8(13)15-9)3-6(10)14-5(2)7(11)12;1-3(10)6(12)9-4(7(13)14)2-5(11)15-8;1-3(7(13)15-8)14-6(12)4(9)2-5(10)11;1-4(7(12)14-8)13-6(11)3-2-5(9)10;5-10-3(7)1-2(6)4(8)9/h1-5,11,13H,6-7H2,(H,14,15);2-7,9,12-13H,1H3;4,9H,1-3H2,(H,10,11)(H,12,13);4-5,9H,3H2,1-2H3,(H,11,12);3-4,8,10H,2H2,1H3,(H,9,12)(H,13,14);3-4,8-9H,2H2,1H3,(H,10,11);4,8H,2-3H2,1H3,(H,9,10);2,5H,1,6H2,(H,8,9)/q8*-1/t11-;7-,9-;4-;4-,5+;2*3-,4-;4-;2-/m00110000/s1/i13T;12T;2*9T;3*8T;5T. The number of carboxylic acid groups (broad SMARTS) is 8. The Labute approximate surface area is 827 Å². The third kappa shape index (κ3) is 71.3. The first kappa shape index (κ1) is 113. The number of ether oxygens (including phenoxy) is 6. The first-order valence-corrected chi connectivity index (χ1v) is 59.3. The Morgan fingerprint density at radius 1 is 0.369 bits per heavy atom. The summed E-state index contributed by atoms with van der Waals surface area (Å²) in [5.74, 6) is -16.3. The van der Waals surface area contributed by atoms with Gasteiger partial charge < -0.3 is 0 Å². The molecule has 0 unspecified atom stereocenters. The van der Waals surface area contributed by atoms with Crippen LogP contribution < -0.4 is 179 Å². The molecule has 58 heteroatoms. The molecule has 12 atom stereocenters. The van der Waals surface area contributed by atoms with E-state index in [4.69, 9.17) is 71.0 Å². The van der Waals surface area contributed by atoms with Gasteiger partial charge in [0.1, 0.15) is 0 Å². The van der Waals surface area contributed by atoms with Crippen molar-refractivity contribution in [2.24, 2.45) is 11.7 Å². The molecule has 702 valence electrons. The summed E-state index contributed by atoms with van der Waals surface area (Å²) in [6, 6.07) is 14.4. The predicted octanol–water partition coefficient (Wildman–Crippen LogP) is -23.6. The van der Waals surface area contributed by atoms with Crippen LogP contribution in [-0.4, -0.2) is 246 Å². The number of aliphatic hydroxyl groups is 3. The van der Waals surface area contributed by atoms with E-state index in [1.807, 2.05) is 5.32 Å². The average Bonchev–Trinajstić information content (AvgIpc) is 0.903. The van der Waals surface area contributed by atoms with Crippen LogP contribution in [0.3, 0.4) is 0 Å². The molecule has 14 N–H and O–H groups in total. The number of carboxylic acids is 8. The SMILES string of the molecule is [3H][I-]SC(=O)C[C@H](N)C(=O)O.[3H][I-]SC(=O)C[C@H](NC(=O)[C@H](C)O)C(=O)O.[3H][I-]SC(=O)[C@@H](CC(=O)O)OC(=O)CCC(=O)O.[3H][I-]SC(=O)[C@@H](OC(=O)CCC(=O)O)c1ccccc1.[3H][I-]SC(=O)[C@H](C)CC(=O)O[C@@H](C)C(=O)O.[3H][I-]SC(=O)[C@H](C)OC(=O)CCC(=O)O.[3H][I-]SC(=O)[C@H](C)OC(=O)[C@@H](O)CC(=O)O.[3H][I-]SC(=O)[C@H](C)OC(=O)[C@@H](O)c1ccccc1. The number of nitrogens with one attached hydrogen (secondary N) is 1. The van der Waals surface area contributed by atoms with Crippen molar-refractivity contribution in [3.8, 4) is 0 Å². The van der Waals surface area contributed by atoms with Crippen LogP contribution in [0.4, 0.5) is 0 Å². The number of aliphatic carboxylic acids is 8. The van der Waals surface area contributed by atoms with Crippen molar-refractivity contribution in [2.45, 2.75) is 179 Å². The van der Waals surface area contributed by atoms with Gasteiger partial charge in [0.2, 0.25) is 0 Å². The maximum atomic E-state index is 11.9. The Hall–Kier alpha value is -3.67. The predicted molar refractivity (Wildman–Crippen MR) is 409 cm³/mol. The maximum absolute atomic E-state index is 11.9. The number of carbonyl (C=O) groups excluding carboxylic acids is 15. The van der Waals surface area contributed by atoms with Gasteiger partial charge in [-0.15, -0.1) is 0 Å². The van der Waals surface area contributed by atoms with Crippen LogP contribution in [0.1, 0.15) is 136 Å². The molecular formula is C64H84I8N2O40S8-8. The first-order valence-electron chi connectivity index (χ1n) is 35.4. The zero-order valence-electron chi connectivity index (χ0n) is 71.1. The normalized spacial score (nSPS) is 14.0. The van der Waals surface area contributed by atoms with E-state index in [1.165, 1.54) is 34.6 Å². The van der Waals surface area contributed by atoms with Crippen LogP contribution in [-0.2, 0) is 139 Å². The van der Waals surface area contributed by atoms with Crippen LogP contribution in [0.15, 0.2) is 60.7 Å². The molecule has 0 aliphatic carbocycles. The Balaban J connectivity index is -0.000000339. The van der Waals surface area contributed by atoms with Crippen molar-refractivity contribution in [1.82, 2.24) is 5.32 Å². The molecule has 0 saturated carbocycles. The molecule has 122 heavy (non-hydrogen) atoms. The number of nitrogens with two attached hydrogens (primary N) is 1. The molecule has 0 aliphatic heterocycles. The van der Waals surface area contributed by atoms with Gasteiger partial charge in [0.15, 0.2) is 0 Å². The summed E-state index contributed by atoms with van der Waals surface area (Å²) in [5.41, 5.74) is 6.00. The van der Waals surface area contributed by atoms with Crippen molar-refractivity contribution in [2.75, 3.05) is 0 Å². The number of hydrogen-bond acceptors (Lipinski definition) is 41. The molecular weight excluding hydrogens is 2710 g/mol. The van der Waals surface area contributed by atoms with Gasteiger partial charge in [-0.05, 0) is 0 Å². The molecule has 0 fully saturated rings. The number of hydrogen-bond donors (Lipinski definition) is 13. The zero-order valence-corrected chi connectivity index (χ0v) is 86.9. The second kappa shape index (κ2) is 77.3. The second-order valence-corrected chi connectivity index (χ2v) is 37.2. The molecule has 0 aromatic heterocycles. The molecule has 1 amide bonds. The summed E-state index contributed by atoms with van der Waals surface area (Å²) in [5, 5.41) is 93.9. The minimum absolute atomic E-state index is 0.146. The number of esters is 6. The summed E-state index contributed by atoms with van der Waals surface area (Å²) in [4.78, 5) is 251. The summed E-state index contributed by atoms with van der Waals surface area (Å²) < 4.78 is 83.7. The van der Waals surface area contributed by atoms with E-state index in [9.17, 15) is 115 Å². The summed E-state index contributed by atoms with van der Waals surface area (Å²) in [6.45, 7) is 8.15. The van der Waals surface area contributed by atoms with Crippen LogP contribution in [0.25, 0.3) is 0 Å². The summed E-state index contributed by atoms with van der Waals surface area (Å²) in [6.07, 6.45) is -15.4. The van der Waals surface area contributed by atoms with Crippen molar-refractivity contribution >= 4 is 202 Å². The van der Waals surface area contributed by atoms with Crippen LogP contribution >= 0.6 is 71.5 Å². The van der Waals surface area contributed by atoms with Crippen molar-refractivity contribution in [3.63, 3.8) is 0 Å². The van der Waals surface area contributed by atoms with E-state index in [1.54, 1.807) is 67.6 Å². The Morgan fingerprint density at radius 3 is 1.13 bits per heavy atom. The van der Waals surface area contributed by atoms with Crippen molar-refractivity contribution in [1.29, 1.82) is 4.75 Å². The van der Waals surface area contributed by atoms with E-state index in [0.29, 0.717) is 20.1 Å². The van der Waals surface area contributed by atoms with Gasteiger partial charge in [-0.25, -0.2) is 0 Å². The number of aliphatic hydroxyl groups excluding tert-OH is 3. The number of carbonyl (C=O) groups is 23. The molecule has 0 bridgehead atoms. The molecule has 2 rings (SSSR count). The molecule has 0 radical (unpaired) electrons. The quantitative estimate of drug-likeness (QED) is 0.0166. The number of halogens is 8. The van der Waals surface area contributed by atoms with E-state index >= 15 is 0 Å². The second-order valence-electron chi connectivity index (χ2n) is 22.0. The molecule has 2 aromatic rings. The van der Waals surface area contributed by atoms with E-state index in [-0.39, 0.29) is 65.4 Å². The van der Waals surface area contributed by atoms with Gasteiger partial charge in [-0.2, -0.15) is 0 Å². The molecule has 0 saturated heterocycles. The summed E-state index contributed by atoms with van der Waals surface area (Å²) in [7, 11) is 6.53. The minimum atomic E-state index is -1.77. The van der Waals surface area contributed by atoms with Gasteiger partial charge in [0, 0.05) is 0 Å². The Morgan fingerprint density at radius 2 is 0.738 bits per heavy atom. The van der Waals surface area contributed by atoms with E-state index in [2.05, 4.69) is 18.9 Å². The van der Waals surface area contributed by atoms with Gasteiger partial charge in [0.05, 0.1) is 0 Å². The van der Waals surface area contributed by atoms with Gasteiger partial charge in [-0.1, -0.05) is 0 Å². The summed E-state index contributed by atoms with van der Waals surface area (Å²) >= 11 is -8.21. The van der Waals surface area contributed by atoms with E-state index in [0.717, 1.165) is 62.5 Å². The average molecular weight is 2810 g/mol. The van der Waals surface area contributed by atoms with Crippen LogP contribution in [0, 0.1) is 5.92 Å². The fourth-order valence-corrected chi connectivity index (χ4v) is 15.0. The number of rotatable bonds is 48. The molecule has 0 spiro atoms. The third-order valence-corrected chi connectivity index (χ3v) is 26.4. The fourth-order valence-electron chi connectivity index (χ4n) is 6.13. The van der Waals surface area contributed by atoms with Crippen molar-refractivity contribution < 1.29 is 363 Å². The first-order chi connectivity index (χ1) is 60.6. The Kier molecular flexibility index (Phi) is 71.3. The molecule has 42 nitrogen and oxygen atoms in total. The van der Waals surface area contributed by atoms with Gasteiger partial charge in [0.25, 0.3) is 0 Å².